The Morgan fingerprint density at radius 1 is 0.868 bits per heavy atom. The van der Waals surface area contributed by atoms with Crippen molar-refractivity contribution in [2.24, 2.45) is 0 Å². The van der Waals surface area contributed by atoms with Gasteiger partial charge in [0, 0.05) is 22.6 Å². The molecule has 204 valence electrons. The predicted molar refractivity (Wildman–Crippen MR) is 152 cm³/mol. The molecule has 0 fully saturated rings. The van der Waals surface area contributed by atoms with Gasteiger partial charge >= 0.3 is 11.9 Å². The van der Waals surface area contributed by atoms with E-state index in [9.17, 15) is 19.5 Å². The minimum Gasteiger partial charge on any atom is -0.481 e. The van der Waals surface area contributed by atoms with Gasteiger partial charge in [-0.3, -0.25) is 9.59 Å². The number of hydrogen-bond acceptors (Lipinski definition) is 5. The number of aryl methyl sites for hydroxylation is 1. The Balaban J connectivity index is 1.70. The summed E-state index contributed by atoms with van der Waals surface area (Å²) < 4.78 is 5.47. The summed E-state index contributed by atoms with van der Waals surface area (Å²) in [5.41, 5.74) is 2.34. The maximum Gasteiger partial charge on any atom is 0.371 e. The van der Waals surface area contributed by atoms with Crippen LogP contribution in [0.1, 0.15) is 104 Å². The number of carboxylic acids is 2. The Bertz CT molecular complexity index is 1250. The fourth-order valence-corrected chi connectivity index (χ4v) is 5.79. The number of benzene rings is 2. The molecule has 3 aromatic rings. The standard InChI is InChI=1S/C31H38O6S/c1-2-3-4-5-6-7-8-11-22-14-16-23(17-15-22)29(12-9-10-13-30(33)34)38-24-18-19-25-26(32)21-28(31(35)36)37-27(25)20-24/h14-21,29H,2-13H2,1H3,(H,33,34)(H,35,36). The van der Waals surface area contributed by atoms with Crippen molar-refractivity contribution in [1.29, 1.82) is 0 Å². The van der Waals surface area contributed by atoms with E-state index in [1.165, 1.54) is 50.5 Å². The molecule has 2 aromatic carbocycles. The number of aromatic carboxylic acids is 1. The molecule has 2 N–H and O–H groups in total. The minimum absolute atomic E-state index is 0.0863. The molecule has 0 aliphatic heterocycles. The Hall–Kier alpha value is -3.06. The number of thioether (sulfide) groups is 1. The highest BCUT2D eigenvalue weighted by Gasteiger charge is 2.16. The average molecular weight is 539 g/mol. The van der Waals surface area contributed by atoms with Crippen LogP contribution in [0.5, 0.6) is 0 Å². The third-order valence-electron chi connectivity index (χ3n) is 6.72. The van der Waals surface area contributed by atoms with Gasteiger partial charge in [0.2, 0.25) is 5.76 Å². The highest BCUT2D eigenvalue weighted by molar-refractivity contribution is 7.99. The summed E-state index contributed by atoms with van der Waals surface area (Å²) in [6.07, 6.45) is 12.4. The lowest BCUT2D eigenvalue weighted by Gasteiger charge is -2.18. The molecule has 1 aromatic heterocycles. The highest BCUT2D eigenvalue weighted by atomic mass is 32.2. The second-order valence-corrected chi connectivity index (χ2v) is 11.1. The summed E-state index contributed by atoms with van der Waals surface area (Å²) in [4.78, 5) is 35.4. The average Bonchev–Trinajstić information content (AvgIpc) is 2.90. The van der Waals surface area contributed by atoms with Gasteiger partial charge < -0.3 is 14.6 Å². The maximum absolute atomic E-state index is 12.3. The van der Waals surface area contributed by atoms with E-state index < -0.39 is 11.9 Å². The molecule has 0 aliphatic rings. The van der Waals surface area contributed by atoms with E-state index in [0.717, 1.165) is 35.8 Å². The van der Waals surface area contributed by atoms with Crippen LogP contribution in [0.25, 0.3) is 11.0 Å². The molecule has 0 saturated carbocycles. The third-order valence-corrected chi connectivity index (χ3v) is 8.04. The van der Waals surface area contributed by atoms with Gasteiger partial charge in [-0.2, -0.15) is 0 Å². The smallest absolute Gasteiger partial charge is 0.371 e. The summed E-state index contributed by atoms with van der Waals surface area (Å²) in [5.74, 6) is -2.45. The van der Waals surface area contributed by atoms with E-state index in [0.29, 0.717) is 11.8 Å². The van der Waals surface area contributed by atoms with Crippen LogP contribution >= 0.6 is 11.8 Å². The van der Waals surface area contributed by atoms with Crippen LogP contribution in [-0.2, 0) is 11.2 Å². The highest BCUT2D eigenvalue weighted by Crippen LogP contribution is 2.40. The molecule has 0 amide bonds. The first kappa shape index (κ1) is 29.5. The molecule has 1 unspecified atom stereocenters. The van der Waals surface area contributed by atoms with Gasteiger partial charge in [-0.05, 0) is 55.0 Å². The van der Waals surface area contributed by atoms with E-state index in [-0.39, 0.29) is 28.4 Å². The van der Waals surface area contributed by atoms with Crippen molar-refractivity contribution in [2.45, 2.75) is 94.1 Å². The van der Waals surface area contributed by atoms with Crippen molar-refractivity contribution in [3.05, 3.63) is 75.6 Å². The Morgan fingerprint density at radius 2 is 1.58 bits per heavy atom. The maximum atomic E-state index is 12.3. The summed E-state index contributed by atoms with van der Waals surface area (Å²) in [6, 6.07) is 14.9. The number of carbonyl (C=O) groups is 2. The van der Waals surface area contributed by atoms with Gasteiger partial charge in [0.1, 0.15) is 5.58 Å². The van der Waals surface area contributed by atoms with Gasteiger partial charge in [-0.1, -0.05) is 76.1 Å². The van der Waals surface area contributed by atoms with Crippen LogP contribution in [-0.4, -0.2) is 22.2 Å². The number of hydrogen-bond donors (Lipinski definition) is 2. The normalized spacial score (nSPS) is 12.0. The zero-order valence-electron chi connectivity index (χ0n) is 22.1. The van der Waals surface area contributed by atoms with Crippen molar-refractivity contribution in [1.82, 2.24) is 0 Å². The molecule has 0 aliphatic carbocycles. The first-order chi connectivity index (χ1) is 18.4. The fraction of sp³-hybridized carbons (Fsp3) is 0.452. The zero-order valence-corrected chi connectivity index (χ0v) is 22.9. The number of carboxylic acid groups (broad SMARTS) is 2. The quantitative estimate of drug-likeness (QED) is 0.132. The molecule has 0 spiro atoms. The van der Waals surface area contributed by atoms with Gasteiger partial charge in [-0.15, -0.1) is 11.8 Å². The van der Waals surface area contributed by atoms with Gasteiger partial charge in [0.15, 0.2) is 5.43 Å². The lowest BCUT2D eigenvalue weighted by molar-refractivity contribution is -0.137. The summed E-state index contributed by atoms with van der Waals surface area (Å²) in [5, 5.41) is 18.7. The largest absolute Gasteiger partial charge is 0.481 e. The van der Waals surface area contributed by atoms with Crippen LogP contribution in [0.2, 0.25) is 0 Å². The fourth-order valence-electron chi connectivity index (χ4n) is 4.56. The van der Waals surface area contributed by atoms with Crippen LogP contribution in [0.4, 0.5) is 0 Å². The molecular formula is C31H38O6S. The molecule has 7 heteroatoms. The van der Waals surface area contributed by atoms with Crippen LogP contribution in [0, 0.1) is 0 Å². The monoisotopic (exact) mass is 538 g/mol. The second-order valence-electron chi connectivity index (χ2n) is 9.80. The first-order valence-electron chi connectivity index (χ1n) is 13.7. The van der Waals surface area contributed by atoms with Crippen molar-refractivity contribution >= 4 is 34.7 Å². The van der Waals surface area contributed by atoms with Crippen LogP contribution < -0.4 is 5.43 Å². The summed E-state index contributed by atoms with van der Waals surface area (Å²) >= 11 is 1.62. The van der Waals surface area contributed by atoms with E-state index in [1.807, 2.05) is 6.07 Å². The third kappa shape index (κ3) is 9.35. The van der Waals surface area contributed by atoms with Gasteiger partial charge in [0.25, 0.3) is 0 Å². The Kier molecular flexibility index (Phi) is 11.9. The van der Waals surface area contributed by atoms with Gasteiger partial charge in [0.05, 0.1) is 5.39 Å². The summed E-state index contributed by atoms with van der Waals surface area (Å²) in [6.45, 7) is 2.24. The van der Waals surface area contributed by atoms with E-state index >= 15 is 0 Å². The molecule has 1 atom stereocenters. The Labute approximate surface area is 228 Å². The number of aliphatic carboxylic acids is 1. The topological polar surface area (TPSA) is 105 Å². The lowest BCUT2D eigenvalue weighted by atomic mass is 10.0. The number of rotatable bonds is 17. The molecule has 3 rings (SSSR count). The predicted octanol–water partition coefficient (Wildman–Crippen LogP) is 8.26. The molecule has 6 nitrogen and oxygen atoms in total. The number of fused-ring (bicyclic) bond motifs is 1. The van der Waals surface area contributed by atoms with Crippen molar-refractivity contribution in [3.63, 3.8) is 0 Å². The van der Waals surface area contributed by atoms with Crippen molar-refractivity contribution in [3.8, 4) is 0 Å². The SMILES string of the molecule is CCCCCCCCCc1ccc(C(CCCCC(=O)O)Sc2ccc3c(=O)cc(C(=O)O)oc3c2)cc1. The van der Waals surface area contributed by atoms with E-state index in [2.05, 4.69) is 31.2 Å². The van der Waals surface area contributed by atoms with E-state index in [4.69, 9.17) is 9.52 Å². The van der Waals surface area contributed by atoms with Crippen LogP contribution in [0.15, 0.2) is 62.6 Å². The van der Waals surface area contributed by atoms with E-state index in [1.54, 1.807) is 23.9 Å². The minimum atomic E-state index is -1.28. The van der Waals surface area contributed by atoms with Crippen LogP contribution in [0.3, 0.4) is 0 Å². The second kappa shape index (κ2) is 15.4. The zero-order chi connectivity index (χ0) is 27.3. The molecule has 38 heavy (non-hydrogen) atoms. The lowest BCUT2D eigenvalue weighted by Crippen LogP contribution is -2.06. The summed E-state index contributed by atoms with van der Waals surface area (Å²) in [7, 11) is 0. The molecule has 0 bridgehead atoms. The molecular weight excluding hydrogens is 500 g/mol. The molecule has 0 saturated heterocycles. The van der Waals surface area contributed by atoms with Gasteiger partial charge in [-0.25, -0.2) is 4.79 Å². The van der Waals surface area contributed by atoms with Crippen molar-refractivity contribution in [2.75, 3.05) is 0 Å². The Morgan fingerprint density at radius 3 is 2.26 bits per heavy atom. The molecule has 0 radical (unpaired) electrons. The first-order valence-corrected chi connectivity index (χ1v) is 14.5. The number of unbranched alkanes of at least 4 members (excludes halogenated alkanes) is 7. The molecule has 1 heterocycles. The van der Waals surface area contributed by atoms with Crippen molar-refractivity contribution < 1.29 is 24.2 Å².